The van der Waals surface area contributed by atoms with Gasteiger partial charge in [0.25, 0.3) is 0 Å². The molecule has 0 bridgehead atoms. The summed E-state index contributed by atoms with van der Waals surface area (Å²) < 4.78 is 21.4. The van der Waals surface area contributed by atoms with Crippen molar-refractivity contribution in [2.24, 2.45) is 0 Å². The third-order valence-electron chi connectivity index (χ3n) is 2.87. The standard InChI is InChI=1S/C13H11O5P.Na.H/c14-19(15,16)18-13-7-3-6-12-10(13)8-9-4-1-2-5-11(9)17-12;;/h1-7H,8H2,(H2,14,15,16);;/q;+1;-1. The van der Waals surface area contributed by atoms with Gasteiger partial charge in [0, 0.05) is 12.0 Å². The van der Waals surface area contributed by atoms with Crippen LogP contribution in [0.3, 0.4) is 0 Å². The van der Waals surface area contributed by atoms with E-state index in [1.807, 2.05) is 24.3 Å². The van der Waals surface area contributed by atoms with Crippen LogP contribution >= 0.6 is 7.82 Å². The molecule has 5 nitrogen and oxygen atoms in total. The van der Waals surface area contributed by atoms with E-state index in [1.54, 1.807) is 12.1 Å². The van der Waals surface area contributed by atoms with Crippen molar-refractivity contribution in [1.29, 1.82) is 0 Å². The molecule has 0 saturated carbocycles. The number of hydrogen-bond donors (Lipinski definition) is 2. The fourth-order valence-electron chi connectivity index (χ4n) is 2.09. The Bertz CT molecular complexity index is 688. The maximum atomic E-state index is 11.0. The predicted molar refractivity (Wildman–Crippen MR) is 69.5 cm³/mol. The van der Waals surface area contributed by atoms with Crippen LogP contribution in [0.1, 0.15) is 12.6 Å². The monoisotopic (exact) mass is 302 g/mol. The molecule has 100 valence electrons. The van der Waals surface area contributed by atoms with Gasteiger partial charge in [-0.3, -0.25) is 9.79 Å². The number of phosphoric ester groups is 1. The summed E-state index contributed by atoms with van der Waals surface area (Å²) in [6.45, 7) is 0. The summed E-state index contributed by atoms with van der Waals surface area (Å²) in [6, 6.07) is 12.4. The molecular weight excluding hydrogens is 290 g/mol. The average molecular weight is 302 g/mol. The molecule has 0 unspecified atom stereocenters. The molecule has 20 heavy (non-hydrogen) atoms. The number of ether oxygens (including phenoxy) is 1. The summed E-state index contributed by atoms with van der Waals surface area (Å²) in [7, 11) is -4.57. The number of para-hydroxylation sites is 1. The number of benzene rings is 2. The summed E-state index contributed by atoms with van der Waals surface area (Å²) in [6.07, 6.45) is 0.516. The van der Waals surface area contributed by atoms with E-state index in [4.69, 9.17) is 19.0 Å². The quantitative estimate of drug-likeness (QED) is 0.514. The first-order chi connectivity index (χ1) is 9.03. The van der Waals surface area contributed by atoms with Gasteiger partial charge in [0.15, 0.2) is 0 Å². The van der Waals surface area contributed by atoms with Gasteiger partial charge in [0.1, 0.15) is 17.2 Å². The Morgan fingerprint density at radius 3 is 2.55 bits per heavy atom. The molecule has 0 aliphatic carbocycles. The second kappa shape index (κ2) is 5.90. The summed E-state index contributed by atoms with van der Waals surface area (Å²) >= 11 is 0. The van der Waals surface area contributed by atoms with Crippen molar-refractivity contribution in [1.82, 2.24) is 0 Å². The van der Waals surface area contributed by atoms with Crippen LogP contribution in [0, 0.1) is 0 Å². The third kappa shape index (κ3) is 3.26. The Kier molecular flexibility index (Phi) is 4.59. The molecule has 3 rings (SSSR count). The van der Waals surface area contributed by atoms with Crippen molar-refractivity contribution in [2.75, 3.05) is 0 Å². The van der Waals surface area contributed by atoms with E-state index in [2.05, 4.69) is 0 Å². The van der Waals surface area contributed by atoms with Crippen molar-refractivity contribution >= 4 is 7.82 Å². The number of rotatable bonds is 2. The van der Waals surface area contributed by atoms with Crippen LogP contribution in [0.25, 0.3) is 0 Å². The normalized spacial score (nSPS) is 12.5. The molecule has 0 saturated heterocycles. The van der Waals surface area contributed by atoms with Crippen LogP contribution in [-0.4, -0.2) is 9.79 Å². The van der Waals surface area contributed by atoms with Crippen molar-refractivity contribution in [3.05, 3.63) is 53.6 Å². The third-order valence-corrected chi connectivity index (χ3v) is 3.30. The number of fused-ring (bicyclic) bond motifs is 2. The SMILES string of the molecule is O=P(O)(O)Oc1cccc2c1Cc1ccccc1O2.[H-].[Na+]. The first-order valence-electron chi connectivity index (χ1n) is 5.66. The van der Waals surface area contributed by atoms with Gasteiger partial charge in [-0.15, -0.1) is 0 Å². The molecule has 1 aliphatic heterocycles. The van der Waals surface area contributed by atoms with Crippen molar-refractivity contribution < 1.29 is 54.6 Å². The van der Waals surface area contributed by atoms with Gasteiger partial charge in [-0.25, -0.2) is 4.57 Å². The van der Waals surface area contributed by atoms with Gasteiger partial charge in [-0.2, -0.15) is 0 Å². The number of hydrogen-bond acceptors (Lipinski definition) is 3. The van der Waals surface area contributed by atoms with Crippen LogP contribution in [0.2, 0.25) is 0 Å². The molecule has 0 radical (unpaired) electrons. The van der Waals surface area contributed by atoms with Crippen LogP contribution in [0.15, 0.2) is 42.5 Å². The minimum Gasteiger partial charge on any atom is -1.00 e. The van der Waals surface area contributed by atoms with E-state index in [0.717, 1.165) is 11.3 Å². The molecule has 0 aromatic heterocycles. The minimum atomic E-state index is -4.57. The second-order valence-electron chi connectivity index (χ2n) is 4.20. The molecule has 2 aromatic carbocycles. The van der Waals surface area contributed by atoms with Crippen LogP contribution in [0.4, 0.5) is 0 Å². The molecule has 0 spiro atoms. The summed E-state index contributed by atoms with van der Waals surface area (Å²) in [5, 5.41) is 0. The molecule has 2 aromatic rings. The summed E-state index contributed by atoms with van der Waals surface area (Å²) in [4.78, 5) is 17.8. The largest absolute Gasteiger partial charge is 1.00 e. The van der Waals surface area contributed by atoms with E-state index < -0.39 is 7.82 Å². The van der Waals surface area contributed by atoms with Crippen molar-refractivity contribution in [3.8, 4) is 17.2 Å². The Morgan fingerprint density at radius 1 is 1.10 bits per heavy atom. The smallest absolute Gasteiger partial charge is 1.00 e. The van der Waals surface area contributed by atoms with Gasteiger partial charge < -0.3 is 10.7 Å². The molecule has 7 heteroatoms. The minimum absolute atomic E-state index is 0. The Balaban J connectivity index is 0.00000110. The van der Waals surface area contributed by atoms with Gasteiger partial charge in [-0.05, 0) is 23.8 Å². The zero-order valence-corrected chi connectivity index (χ0v) is 13.7. The van der Waals surface area contributed by atoms with Crippen LogP contribution < -0.4 is 38.8 Å². The van der Waals surface area contributed by atoms with Gasteiger partial charge in [0.05, 0.1) is 0 Å². The molecular formula is C13H12NaO5P. The first-order valence-corrected chi connectivity index (χ1v) is 7.19. The fourth-order valence-corrected chi connectivity index (χ4v) is 2.51. The van der Waals surface area contributed by atoms with E-state index in [1.165, 1.54) is 6.07 Å². The maximum Gasteiger partial charge on any atom is 1.00 e. The summed E-state index contributed by atoms with van der Waals surface area (Å²) in [5.41, 5.74) is 1.60. The molecule has 1 aliphatic rings. The molecule has 2 N–H and O–H groups in total. The first kappa shape index (κ1) is 15.6. The van der Waals surface area contributed by atoms with E-state index >= 15 is 0 Å². The average Bonchev–Trinajstić information content (AvgIpc) is 2.35. The van der Waals surface area contributed by atoms with Crippen molar-refractivity contribution in [2.45, 2.75) is 6.42 Å². The zero-order chi connectivity index (χ0) is 13.5. The Labute approximate surface area is 139 Å². The Hall–Kier alpha value is -0.810. The van der Waals surface area contributed by atoms with Gasteiger partial charge in [0.2, 0.25) is 0 Å². The molecule has 0 amide bonds. The van der Waals surface area contributed by atoms with E-state index in [0.29, 0.717) is 17.7 Å². The molecule has 0 atom stereocenters. The van der Waals surface area contributed by atoms with E-state index in [9.17, 15) is 4.57 Å². The molecule has 1 heterocycles. The van der Waals surface area contributed by atoms with Gasteiger partial charge in [-0.1, -0.05) is 24.3 Å². The number of phosphoric acid groups is 1. The van der Waals surface area contributed by atoms with Crippen LogP contribution in [0.5, 0.6) is 17.2 Å². The maximum absolute atomic E-state index is 11.0. The summed E-state index contributed by atoms with van der Waals surface area (Å²) in [5.74, 6) is 1.47. The second-order valence-corrected chi connectivity index (χ2v) is 5.36. The van der Waals surface area contributed by atoms with Crippen LogP contribution in [-0.2, 0) is 11.0 Å². The Morgan fingerprint density at radius 2 is 1.80 bits per heavy atom. The van der Waals surface area contributed by atoms with Gasteiger partial charge >= 0.3 is 37.4 Å². The molecule has 0 fully saturated rings. The fraction of sp³-hybridized carbons (Fsp3) is 0.0769. The van der Waals surface area contributed by atoms with Crippen molar-refractivity contribution in [3.63, 3.8) is 0 Å². The predicted octanol–water partition coefficient (Wildman–Crippen LogP) is -0.0289. The topological polar surface area (TPSA) is 76.0 Å². The van der Waals surface area contributed by atoms with E-state index in [-0.39, 0.29) is 36.7 Å². The zero-order valence-electron chi connectivity index (χ0n) is 11.8.